The van der Waals surface area contributed by atoms with E-state index in [-0.39, 0.29) is 18.7 Å². The Morgan fingerprint density at radius 3 is 1.98 bits per heavy atom. The molecule has 0 aromatic heterocycles. The van der Waals surface area contributed by atoms with Gasteiger partial charge in [0.1, 0.15) is 11.5 Å². The van der Waals surface area contributed by atoms with Crippen molar-refractivity contribution in [3.05, 3.63) is 132 Å². The van der Waals surface area contributed by atoms with Crippen LogP contribution in [-0.4, -0.2) is 19.0 Å². The fourth-order valence-electron chi connectivity index (χ4n) is 4.61. The van der Waals surface area contributed by atoms with Crippen LogP contribution in [0.1, 0.15) is 35.6 Å². The third kappa shape index (κ3) is 8.55. The third-order valence-corrected chi connectivity index (χ3v) is 6.41. The molecule has 0 spiro atoms. The van der Waals surface area contributed by atoms with Crippen LogP contribution in [0.5, 0.6) is 11.5 Å². The third-order valence-electron chi connectivity index (χ3n) is 6.41. The van der Waals surface area contributed by atoms with Gasteiger partial charge < -0.3 is 14.8 Å². The summed E-state index contributed by atoms with van der Waals surface area (Å²) in [5, 5.41) is 3.45. The summed E-state index contributed by atoms with van der Waals surface area (Å²) >= 11 is 0. The zero-order chi connectivity index (χ0) is 29.4. The van der Waals surface area contributed by atoms with Gasteiger partial charge >= 0.3 is 12.5 Å². The lowest BCUT2D eigenvalue weighted by atomic mass is 9.70. The summed E-state index contributed by atoms with van der Waals surface area (Å²) in [7, 11) is 0. The zero-order valence-electron chi connectivity index (χ0n) is 22.4. The van der Waals surface area contributed by atoms with Gasteiger partial charge in [-0.25, -0.2) is 0 Å². The number of ether oxygens (including phenoxy) is 2. The lowest BCUT2D eigenvalue weighted by Gasteiger charge is -2.37. The number of alkyl halides is 5. The predicted molar refractivity (Wildman–Crippen MR) is 148 cm³/mol. The molecule has 0 saturated carbocycles. The first-order valence-electron chi connectivity index (χ1n) is 12.6. The summed E-state index contributed by atoms with van der Waals surface area (Å²) in [5.74, 6) is -0.475. The standard InChI is InChI=1S/C32H32F5NO2/c1-5-11-24(6-2)20-31(22-38-21-25-13-8-7-12-23(25)3,26-14-9-16-28(18-26)39-30(4,33)34)27-15-10-17-29(19-27)40-32(35,36)37/h5-19,38H,1-2,20-22H2,3-4H3/b24-11+. The molecule has 3 rings (SSSR count). The Bertz CT molecular complexity index is 1280. The molecule has 3 nitrogen and oxygen atoms in total. The van der Waals surface area contributed by atoms with Gasteiger partial charge in [-0.15, -0.1) is 13.2 Å². The molecule has 0 aliphatic carbocycles. The number of rotatable bonds is 13. The molecule has 40 heavy (non-hydrogen) atoms. The van der Waals surface area contributed by atoms with E-state index in [4.69, 9.17) is 4.74 Å². The maximum absolute atomic E-state index is 13.8. The molecule has 3 aromatic rings. The van der Waals surface area contributed by atoms with Crippen molar-refractivity contribution >= 4 is 0 Å². The average molecular weight is 558 g/mol. The minimum absolute atomic E-state index is 0.0798. The fraction of sp³-hybridized carbons (Fsp3) is 0.250. The zero-order valence-corrected chi connectivity index (χ0v) is 22.4. The van der Waals surface area contributed by atoms with E-state index < -0.39 is 23.6 Å². The maximum Gasteiger partial charge on any atom is 0.573 e. The van der Waals surface area contributed by atoms with Crippen molar-refractivity contribution in [1.82, 2.24) is 5.32 Å². The van der Waals surface area contributed by atoms with Crippen molar-refractivity contribution in [3.63, 3.8) is 0 Å². The number of nitrogens with one attached hydrogen (secondary N) is 1. The van der Waals surface area contributed by atoms with E-state index in [2.05, 4.69) is 23.2 Å². The van der Waals surface area contributed by atoms with Gasteiger partial charge in [0.15, 0.2) is 0 Å². The summed E-state index contributed by atoms with van der Waals surface area (Å²) in [6.07, 6.45) is -3.10. The lowest BCUT2D eigenvalue weighted by Crippen LogP contribution is -2.40. The average Bonchev–Trinajstić information content (AvgIpc) is 2.87. The molecule has 1 unspecified atom stereocenters. The van der Waals surface area contributed by atoms with Crippen LogP contribution in [0.3, 0.4) is 0 Å². The molecule has 212 valence electrons. The summed E-state index contributed by atoms with van der Waals surface area (Å²) in [6.45, 7) is 11.0. The van der Waals surface area contributed by atoms with Crippen LogP contribution in [0.25, 0.3) is 0 Å². The Labute approximate surface area is 231 Å². The smallest absolute Gasteiger partial charge is 0.433 e. The second-order valence-electron chi connectivity index (χ2n) is 9.48. The number of hydrogen-bond acceptors (Lipinski definition) is 3. The molecule has 3 aromatic carbocycles. The van der Waals surface area contributed by atoms with E-state index in [1.165, 1.54) is 30.3 Å². The Morgan fingerprint density at radius 2 is 1.45 bits per heavy atom. The van der Waals surface area contributed by atoms with Gasteiger partial charge in [-0.2, -0.15) is 8.78 Å². The molecule has 0 saturated heterocycles. The molecular weight excluding hydrogens is 525 g/mol. The number of halogens is 5. The quantitative estimate of drug-likeness (QED) is 0.169. The van der Waals surface area contributed by atoms with Crippen LogP contribution in [0.4, 0.5) is 22.0 Å². The van der Waals surface area contributed by atoms with Crippen molar-refractivity contribution in [2.75, 3.05) is 6.54 Å². The van der Waals surface area contributed by atoms with Crippen LogP contribution < -0.4 is 14.8 Å². The molecule has 0 aliphatic heterocycles. The molecule has 0 bridgehead atoms. The normalized spacial score (nSPS) is 13.8. The SMILES string of the molecule is C=C/C=C(\C=C)CC(CNCc1ccccc1C)(c1cccc(OC(C)(F)F)c1)c1cccc(OC(F)(F)F)c1. The second-order valence-corrected chi connectivity index (χ2v) is 9.48. The topological polar surface area (TPSA) is 30.5 Å². The van der Waals surface area contributed by atoms with Crippen molar-refractivity contribution in [1.29, 1.82) is 0 Å². The summed E-state index contributed by atoms with van der Waals surface area (Å²) in [5.41, 5.74) is 2.82. The highest BCUT2D eigenvalue weighted by Gasteiger charge is 2.37. The molecule has 0 heterocycles. The Balaban J connectivity index is 2.21. The molecule has 0 aliphatic rings. The number of hydrogen-bond donors (Lipinski definition) is 1. The van der Waals surface area contributed by atoms with Crippen molar-refractivity contribution in [2.24, 2.45) is 0 Å². The highest BCUT2D eigenvalue weighted by molar-refractivity contribution is 5.48. The minimum atomic E-state index is -4.89. The molecule has 1 atom stereocenters. The van der Waals surface area contributed by atoms with Gasteiger partial charge in [0.2, 0.25) is 0 Å². The fourth-order valence-corrected chi connectivity index (χ4v) is 4.61. The number of allylic oxidation sites excluding steroid dienone is 4. The van der Waals surface area contributed by atoms with Gasteiger partial charge in [-0.1, -0.05) is 79.9 Å². The van der Waals surface area contributed by atoms with E-state index in [0.29, 0.717) is 24.6 Å². The van der Waals surface area contributed by atoms with Gasteiger partial charge in [0.05, 0.1) is 0 Å². The van der Waals surface area contributed by atoms with Gasteiger partial charge in [-0.3, -0.25) is 0 Å². The maximum atomic E-state index is 13.8. The van der Waals surface area contributed by atoms with Crippen molar-refractivity contribution < 1.29 is 31.4 Å². The molecule has 0 fully saturated rings. The van der Waals surface area contributed by atoms with Crippen LogP contribution in [0, 0.1) is 6.92 Å². The largest absolute Gasteiger partial charge is 0.573 e. The first kappa shape index (κ1) is 30.6. The Hall–Kier alpha value is -3.91. The number of aryl methyl sites for hydroxylation is 1. The van der Waals surface area contributed by atoms with Crippen LogP contribution >= 0.6 is 0 Å². The summed E-state index contributed by atoms with van der Waals surface area (Å²) in [6, 6.07) is 19.7. The Kier molecular flexibility index (Phi) is 9.93. The minimum Gasteiger partial charge on any atom is -0.433 e. The van der Waals surface area contributed by atoms with Crippen molar-refractivity contribution in [2.45, 2.75) is 44.7 Å². The van der Waals surface area contributed by atoms with E-state index >= 15 is 0 Å². The van der Waals surface area contributed by atoms with E-state index in [9.17, 15) is 22.0 Å². The highest BCUT2D eigenvalue weighted by atomic mass is 19.4. The van der Waals surface area contributed by atoms with Crippen LogP contribution in [0.15, 0.2) is 110 Å². The van der Waals surface area contributed by atoms with Crippen molar-refractivity contribution in [3.8, 4) is 11.5 Å². The highest BCUT2D eigenvalue weighted by Crippen LogP contribution is 2.41. The van der Waals surface area contributed by atoms with E-state index in [0.717, 1.165) is 16.7 Å². The first-order chi connectivity index (χ1) is 18.8. The summed E-state index contributed by atoms with van der Waals surface area (Å²) < 4.78 is 76.1. The van der Waals surface area contributed by atoms with E-state index in [1.807, 2.05) is 31.2 Å². The molecule has 0 amide bonds. The van der Waals surface area contributed by atoms with Gasteiger partial charge in [-0.05, 0) is 65.4 Å². The van der Waals surface area contributed by atoms with Crippen LogP contribution in [-0.2, 0) is 12.0 Å². The van der Waals surface area contributed by atoms with Crippen LogP contribution in [0.2, 0.25) is 0 Å². The molecule has 0 radical (unpaired) electrons. The van der Waals surface area contributed by atoms with Gasteiger partial charge in [0, 0.05) is 25.4 Å². The predicted octanol–water partition coefficient (Wildman–Crippen LogP) is 8.65. The van der Waals surface area contributed by atoms with Gasteiger partial charge in [0.25, 0.3) is 0 Å². The second kappa shape index (κ2) is 13.0. The first-order valence-corrected chi connectivity index (χ1v) is 12.6. The molecular formula is C32H32F5NO2. The Morgan fingerprint density at radius 1 is 0.850 bits per heavy atom. The summed E-state index contributed by atoms with van der Waals surface area (Å²) in [4.78, 5) is 0. The lowest BCUT2D eigenvalue weighted by molar-refractivity contribution is -0.274. The monoisotopic (exact) mass is 557 g/mol. The molecule has 8 heteroatoms. The van der Waals surface area contributed by atoms with E-state index in [1.54, 1.807) is 36.4 Å². The number of benzene rings is 3. The molecule has 1 N–H and O–H groups in total.